The molecule has 1 aromatic heterocycles. The molecule has 0 N–H and O–H groups in total. The minimum absolute atomic E-state index is 1.10. The lowest BCUT2D eigenvalue weighted by Gasteiger charge is -2.28. The van der Waals surface area contributed by atoms with Crippen molar-refractivity contribution >= 4 is 60.4 Å². The minimum Gasteiger partial charge on any atom is -0.310 e. The Bertz CT molecular complexity index is 2900. The van der Waals surface area contributed by atoms with E-state index in [1.165, 1.54) is 65.6 Å². The Balaban J connectivity index is 1.25. The van der Waals surface area contributed by atoms with Gasteiger partial charge in [0, 0.05) is 38.6 Å². The summed E-state index contributed by atoms with van der Waals surface area (Å²) in [4.78, 5) is 2.42. The summed E-state index contributed by atoms with van der Waals surface area (Å²) in [5, 5.41) is 7.39. The quantitative estimate of drug-likeness (QED) is 0.172. The highest BCUT2D eigenvalue weighted by Crippen LogP contribution is 2.45. The van der Waals surface area contributed by atoms with Crippen molar-refractivity contribution in [2.75, 3.05) is 4.90 Å². The third kappa shape index (κ3) is 4.96. The topological polar surface area (TPSA) is 8.17 Å². The second-order valence-electron chi connectivity index (χ2n) is 13.4. The molecule has 0 saturated carbocycles. The zero-order valence-corrected chi connectivity index (χ0v) is 28.5. The first-order chi connectivity index (χ1) is 25.8. The van der Waals surface area contributed by atoms with E-state index >= 15 is 0 Å². The molecule has 0 saturated heterocycles. The van der Waals surface area contributed by atoms with Crippen LogP contribution >= 0.6 is 0 Å². The fraction of sp³-hybridized carbons (Fsp3) is 0. The molecule has 0 aliphatic rings. The zero-order chi connectivity index (χ0) is 34.4. The number of benzene rings is 9. The SMILES string of the molecule is c1ccc(-c2cccc(N(c3cccc(-c4cc5ccccc5c5c4c4ccccc4n5-c4ccccc4)c3)c3cccc4ccccc34)c2)cc1. The zero-order valence-electron chi connectivity index (χ0n) is 28.5. The molecule has 0 unspecified atom stereocenters. The Morgan fingerprint density at radius 1 is 0.365 bits per heavy atom. The number of hydrogen-bond donors (Lipinski definition) is 0. The molecule has 2 nitrogen and oxygen atoms in total. The highest BCUT2D eigenvalue weighted by atomic mass is 15.1. The van der Waals surface area contributed by atoms with Gasteiger partial charge in [-0.3, -0.25) is 0 Å². The first-order valence-corrected chi connectivity index (χ1v) is 17.9. The maximum Gasteiger partial charge on any atom is 0.0625 e. The molecule has 9 aromatic carbocycles. The Labute approximate surface area is 303 Å². The molecule has 10 aromatic rings. The molecule has 0 bridgehead atoms. The van der Waals surface area contributed by atoms with Crippen molar-refractivity contribution in [2.45, 2.75) is 0 Å². The van der Waals surface area contributed by atoms with Gasteiger partial charge in [0.1, 0.15) is 0 Å². The van der Waals surface area contributed by atoms with Crippen LogP contribution in [0, 0.1) is 0 Å². The number of anilines is 3. The summed E-state index contributed by atoms with van der Waals surface area (Å²) in [5.74, 6) is 0. The van der Waals surface area contributed by atoms with E-state index in [1.54, 1.807) is 0 Å². The number of aromatic nitrogens is 1. The van der Waals surface area contributed by atoms with E-state index in [9.17, 15) is 0 Å². The van der Waals surface area contributed by atoms with E-state index < -0.39 is 0 Å². The van der Waals surface area contributed by atoms with Gasteiger partial charge in [-0.2, -0.15) is 0 Å². The lowest BCUT2D eigenvalue weighted by Crippen LogP contribution is -2.10. The second-order valence-corrected chi connectivity index (χ2v) is 13.4. The molecule has 0 spiro atoms. The number of nitrogens with zero attached hydrogens (tertiary/aromatic N) is 2. The maximum absolute atomic E-state index is 2.44. The van der Waals surface area contributed by atoms with Crippen LogP contribution < -0.4 is 4.90 Å². The predicted octanol–water partition coefficient (Wildman–Crippen LogP) is 13.9. The Morgan fingerprint density at radius 3 is 1.71 bits per heavy atom. The van der Waals surface area contributed by atoms with Crippen LogP contribution in [0.15, 0.2) is 206 Å². The van der Waals surface area contributed by atoms with Gasteiger partial charge < -0.3 is 9.47 Å². The van der Waals surface area contributed by atoms with Crippen molar-refractivity contribution in [3.63, 3.8) is 0 Å². The highest BCUT2D eigenvalue weighted by Gasteiger charge is 2.21. The van der Waals surface area contributed by atoms with Crippen LogP contribution in [0.1, 0.15) is 0 Å². The van der Waals surface area contributed by atoms with Gasteiger partial charge in [0.15, 0.2) is 0 Å². The molecule has 2 heteroatoms. The van der Waals surface area contributed by atoms with Crippen molar-refractivity contribution < 1.29 is 0 Å². The highest BCUT2D eigenvalue weighted by molar-refractivity contribution is 6.24. The van der Waals surface area contributed by atoms with E-state index in [2.05, 4.69) is 216 Å². The van der Waals surface area contributed by atoms with Gasteiger partial charge >= 0.3 is 0 Å². The number of para-hydroxylation sites is 2. The van der Waals surface area contributed by atoms with Gasteiger partial charge in [-0.15, -0.1) is 0 Å². The van der Waals surface area contributed by atoms with E-state index in [1.807, 2.05) is 0 Å². The van der Waals surface area contributed by atoms with Crippen LogP contribution in [0.3, 0.4) is 0 Å². The largest absolute Gasteiger partial charge is 0.310 e. The van der Waals surface area contributed by atoms with E-state index in [-0.39, 0.29) is 0 Å². The summed E-state index contributed by atoms with van der Waals surface area (Å²) >= 11 is 0. The lowest BCUT2D eigenvalue weighted by atomic mass is 9.94. The molecule has 0 amide bonds. The van der Waals surface area contributed by atoms with Crippen LogP contribution in [0.4, 0.5) is 17.1 Å². The smallest absolute Gasteiger partial charge is 0.0625 e. The standard InChI is InChI=1S/C50H34N2/c1-3-16-35(17-4-1)37-21-13-25-41(32-37)51(47-31-15-20-36-18-7-9-27-43(36)47)42-26-14-22-38(33-42)46-34-39-19-8-10-28-44(39)50-49(46)45-29-11-12-30-48(45)52(50)40-23-5-2-6-24-40/h1-34H. The Morgan fingerprint density at radius 2 is 0.923 bits per heavy atom. The van der Waals surface area contributed by atoms with Crippen LogP contribution in [-0.4, -0.2) is 4.57 Å². The first kappa shape index (κ1) is 30.0. The molecule has 244 valence electrons. The van der Waals surface area contributed by atoms with Crippen LogP contribution in [0.2, 0.25) is 0 Å². The average Bonchev–Trinajstić information content (AvgIpc) is 3.57. The number of rotatable bonds is 6. The second kappa shape index (κ2) is 12.5. The molecular formula is C50H34N2. The fourth-order valence-electron chi connectivity index (χ4n) is 8.00. The molecule has 0 aliphatic carbocycles. The Kier molecular flexibility index (Phi) is 7.18. The number of hydrogen-bond acceptors (Lipinski definition) is 1. The van der Waals surface area contributed by atoms with Crippen LogP contribution in [-0.2, 0) is 0 Å². The van der Waals surface area contributed by atoms with Crippen LogP contribution in [0.25, 0.3) is 71.3 Å². The minimum atomic E-state index is 1.10. The predicted molar refractivity (Wildman–Crippen MR) is 221 cm³/mol. The monoisotopic (exact) mass is 662 g/mol. The first-order valence-electron chi connectivity index (χ1n) is 17.9. The summed E-state index contributed by atoms with van der Waals surface area (Å²) < 4.78 is 2.44. The molecule has 0 aliphatic heterocycles. The third-order valence-corrected chi connectivity index (χ3v) is 10.3. The Hall–Kier alpha value is -6.90. The van der Waals surface area contributed by atoms with Gasteiger partial charge in [-0.05, 0) is 87.6 Å². The van der Waals surface area contributed by atoms with Crippen molar-refractivity contribution in [3.05, 3.63) is 206 Å². The molecule has 10 rings (SSSR count). The molecule has 0 atom stereocenters. The maximum atomic E-state index is 2.44. The summed E-state index contributed by atoms with van der Waals surface area (Å²) in [6, 6.07) is 74.7. The molecule has 0 fully saturated rings. The molecular weight excluding hydrogens is 629 g/mol. The average molecular weight is 663 g/mol. The normalized spacial score (nSPS) is 11.5. The molecule has 0 radical (unpaired) electrons. The third-order valence-electron chi connectivity index (χ3n) is 10.3. The lowest BCUT2D eigenvalue weighted by molar-refractivity contribution is 1.19. The number of fused-ring (bicyclic) bond motifs is 6. The van der Waals surface area contributed by atoms with E-state index in [0.29, 0.717) is 0 Å². The van der Waals surface area contributed by atoms with Crippen molar-refractivity contribution in [1.82, 2.24) is 4.57 Å². The summed E-state index contributed by atoms with van der Waals surface area (Å²) in [6.07, 6.45) is 0. The van der Waals surface area contributed by atoms with Crippen molar-refractivity contribution in [2.24, 2.45) is 0 Å². The molecule has 1 heterocycles. The van der Waals surface area contributed by atoms with Gasteiger partial charge in [-0.1, -0.05) is 152 Å². The fourth-order valence-corrected chi connectivity index (χ4v) is 8.00. The van der Waals surface area contributed by atoms with Crippen molar-refractivity contribution in [3.8, 4) is 27.9 Å². The van der Waals surface area contributed by atoms with Gasteiger partial charge in [0.25, 0.3) is 0 Å². The van der Waals surface area contributed by atoms with Crippen LogP contribution in [0.5, 0.6) is 0 Å². The summed E-state index contributed by atoms with van der Waals surface area (Å²) in [6.45, 7) is 0. The molecule has 52 heavy (non-hydrogen) atoms. The van der Waals surface area contributed by atoms with E-state index in [4.69, 9.17) is 0 Å². The van der Waals surface area contributed by atoms with Crippen molar-refractivity contribution in [1.29, 1.82) is 0 Å². The van der Waals surface area contributed by atoms with Gasteiger partial charge in [0.2, 0.25) is 0 Å². The van der Waals surface area contributed by atoms with E-state index in [0.717, 1.165) is 22.7 Å². The van der Waals surface area contributed by atoms with Gasteiger partial charge in [0.05, 0.1) is 16.7 Å². The summed E-state index contributed by atoms with van der Waals surface area (Å²) in [7, 11) is 0. The van der Waals surface area contributed by atoms with Gasteiger partial charge in [-0.25, -0.2) is 0 Å². The summed E-state index contributed by atoms with van der Waals surface area (Å²) in [5.41, 5.74) is 11.7.